The summed E-state index contributed by atoms with van der Waals surface area (Å²) in [6.07, 6.45) is 1.46. The lowest BCUT2D eigenvalue weighted by Crippen LogP contribution is -2.29. The molecule has 0 unspecified atom stereocenters. The molecule has 0 saturated carbocycles. The van der Waals surface area contributed by atoms with E-state index >= 15 is 0 Å². The average Bonchev–Trinajstić information content (AvgIpc) is 2.42. The summed E-state index contributed by atoms with van der Waals surface area (Å²) in [4.78, 5) is 5.84. The first kappa shape index (κ1) is 16.8. The number of nitrogens with one attached hydrogen (secondary N) is 2. The summed E-state index contributed by atoms with van der Waals surface area (Å²) in [6, 6.07) is 2.96. The third-order valence-electron chi connectivity index (χ3n) is 2.42. The minimum Gasteiger partial charge on any atom is -0.379 e. The van der Waals surface area contributed by atoms with Gasteiger partial charge in [-0.25, -0.2) is 24.0 Å². The maximum atomic E-state index is 12.0. The largest absolute Gasteiger partial charge is 0.379 e. The number of ether oxygens (including phenoxy) is 1. The Kier molecular flexibility index (Phi) is 6.82. The molecule has 1 rings (SSSR count). The van der Waals surface area contributed by atoms with Crippen molar-refractivity contribution in [1.29, 1.82) is 0 Å². The van der Waals surface area contributed by atoms with E-state index in [-0.39, 0.29) is 17.3 Å². The molecule has 0 atom stereocenters. The summed E-state index contributed by atoms with van der Waals surface area (Å²) >= 11 is 0. The predicted molar refractivity (Wildman–Crippen MR) is 76.6 cm³/mol. The Morgan fingerprint density at radius 1 is 1.40 bits per heavy atom. The second-order valence-electron chi connectivity index (χ2n) is 4.31. The molecule has 1 aromatic heterocycles. The van der Waals surface area contributed by atoms with Crippen LogP contribution in [0.15, 0.2) is 23.2 Å². The second kappa shape index (κ2) is 8.12. The van der Waals surface area contributed by atoms with E-state index in [1.807, 2.05) is 19.0 Å². The van der Waals surface area contributed by atoms with Gasteiger partial charge in [-0.1, -0.05) is 0 Å². The number of nitrogens with two attached hydrogens (primary N) is 1. The molecule has 1 aromatic rings. The average molecular weight is 303 g/mol. The van der Waals surface area contributed by atoms with Gasteiger partial charge in [-0.2, -0.15) is 0 Å². The Labute approximate surface area is 119 Å². The van der Waals surface area contributed by atoms with Gasteiger partial charge in [-0.3, -0.25) is 0 Å². The van der Waals surface area contributed by atoms with Crippen LogP contribution in [0.2, 0.25) is 0 Å². The molecule has 0 radical (unpaired) electrons. The number of pyridine rings is 1. The van der Waals surface area contributed by atoms with Crippen molar-refractivity contribution in [2.45, 2.75) is 4.90 Å². The molecule has 0 aliphatic heterocycles. The number of hydrazine groups is 1. The number of likely N-dealkylation sites (N-methyl/N-ethyl adjacent to an activating group) is 1. The van der Waals surface area contributed by atoms with Crippen molar-refractivity contribution in [2.24, 2.45) is 5.84 Å². The maximum absolute atomic E-state index is 12.0. The van der Waals surface area contributed by atoms with Gasteiger partial charge in [0.05, 0.1) is 13.2 Å². The van der Waals surface area contributed by atoms with Crippen molar-refractivity contribution in [3.63, 3.8) is 0 Å². The topological polar surface area (TPSA) is 110 Å². The SMILES string of the molecule is CN(C)CCOCCNS(=O)(=O)c1cccnc1NN. The summed E-state index contributed by atoms with van der Waals surface area (Å²) < 4.78 is 31.8. The highest BCUT2D eigenvalue weighted by molar-refractivity contribution is 7.89. The number of anilines is 1. The standard InChI is InChI=1S/C11H21N5O3S/c1-16(2)7-9-19-8-6-14-20(17,18)10-4-3-5-13-11(10)15-12/h3-5,14H,6-9,12H2,1-2H3,(H,13,15). The summed E-state index contributed by atoms with van der Waals surface area (Å²) in [7, 11) is 0.229. The third-order valence-corrected chi connectivity index (χ3v) is 3.91. The lowest BCUT2D eigenvalue weighted by Gasteiger charge is -2.11. The van der Waals surface area contributed by atoms with E-state index in [0.29, 0.717) is 13.2 Å². The number of hydrogen-bond acceptors (Lipinski definition) is 7. The van der Waals surface area contributed by atoms with Crippen molar-refractivity contribution >= 4 is 15.8 Å². The van der Waals surface area contributed by atoms with Gasteiger partial charge in [-0.15, -0.1) is 0 Å². The first-order valence-electron chi connectivity index (χ1n) is 6.11. The molecule has 0 spiro atoms. The predicted octanol–water partition coefficient (Wildman–Crippen LogP) is -0.776. The van der Waals surface area contributed by atoms with Crippen LogP contribution in [-0.2, 0) is 14.8 Å². The highest BCUT2D eigenvalue weighted by atomic mass is 32.2. The summed E-state index contributed by atoms with van der Waals surface area (Å²) in [5, 5.41) is 0. The number of sulfonamides is 1. The van der Waals surface area contributed by atoms with Crippen molar-refractivity contribution in [2.75, 3.05) is 45.8 Å². The second-order valence-corrected chi connectivity index (χ2v) is 6.04. The molecule has 0 aliphatic rings. The van der Waals surface area contributed by atoms with E-state index in [2.05, 4.69) is 15.1 Å². The van der Waals surface area contributed by atoms with Gasteiger partial charge < -0.3 is 15.1 Å². The molecule has 20 heavy (non-hydrogen) atoms. The van der Waals surface area contributed by atoms with Crippen LogP contribution in [0.4, 0.5) is 5.82 Å². The van der Waals surface area contributed by atoms with Crippen LogP contribution in [0, 0.1) is 0 Å². The van der Waals surface area contributed by atoms with Crippen LogP contribution in [0.25, 0.3) is 0 Å². The zero-order valence-electron chi connectivity index (χ0n) is 11.7. The molecule has 114 valence electrons. The number of aromatic nitrogens is 1. The Balaban J connectivity index is 2.46. The van der Waals surface area contributed by atoms with Crippen molar-refractivity contribution in [3.8, 4) is 0 Å². The highest BCUT2D eigenvalue weighted by Gasteiger charge is 2.18. The monoisotopic (exact) mass is 303 g/mol. The lowest BCUT2D eigenvalue weighted by molar-refractivity contribution is 0.122. The van der Waals surface area contributed by atoms with Gasteiger partial charge in [0.2, 0.25) is 10.0 Å². The maximum Gasteiger partial charge on any atom is 0.244 e. The van der Waals surface area contributed by atoms with Crippen LogP contribution in [-0.4, -0.2) is 58.7 Å². The van der Waals surface area contributed by atoms with Gasteiger partial charge in [0.15, 0.2) is 5.82 Å². The van der Waals surface area contributed by atoms with Gasteiger partial charge in [0, 0.05) is 19.3 Å². The minimum absolute atomic E-state index is 0.00999. The Bertz CT molecular complexity index is 507. The fourth-order valence-electron chi connectivity index (χ4n) is 1.39. The molecule has 0 fully saturated rings. The molecule has 0 saturated heterocycles. The Morgan fingerprint density at radius 2 is 2.15 bits per heavy atom. The van der Waals surface area contributed by atoms with Crippen LogP contribution >= 0.6 is 0 Å². The van der Waals surface area contributed by atoms with Gasteiger partial charge in [-0.05, 0) is 26.2 Å². The van der Waals surface area contributed by atoms with Crippen molar-refractivity contribution < 1.29 is 13.2 Å². The Hall–Kier alpha value is -1.26. The molecular formula is C11H21N5O3S. The molecule has 0 aromatic carbocycles. The third kappa shape index (κ3) is 5.39. The smallest absolute Gasteiger partial charge is 0.244 e. The van der Waals surface area contributed by atoms with Gasteiger partial charge >= 0.3 is 0 Å². The van der Waals surface area contributed by atoms with E-state index in [4.69, 9.17) is 10.6 Å². The number of rotatable bonds is 9. The van der Waals surface area contributed by atoms with E-state index < -0.39 is 10.0 Å². The fourth-order valence-corrected chi connectivity index (χ4v) is 2.52. The van der Waals surface area contributed by atoms with Crippen molar-refractivity contribution in [1.82, 2.24) is 14.6 Å². The van der Waals surface area contributed by atoms with Gasteiger partial charge in [0.25, 0.3) is 0 Å². The number of hydrogen-bond donors (Lipinski definition) is 3. The summed E-state index contributed by atoms with van der Waals surface area (Å²) in [6.45, 7) is 1.83. The van der Waals surface area contributed by atoms with Crippen LogP contribution in [0.3, 0.4) is 0 Å². The summed E-state index contributed by atoms with van der Waals surface area (Å²) in [5.41, 5.74) is 2.26. The Morgan fingerprint density at radius 3 is 2.80 bits per heavy atom. The molecule has 1 heterocycles. The van der Waals surface area contributed by atoms with E-state index in [0.717, 1.165) is 6.54 Å². The fraction of sp³-hybridized carbons (Fsp3) is 0.545. The first-order chi connectivity index (χ1) is 9.47. The van der Waals surface area contributed by atoms with E-state index in [1.165, 1.54) is 18.3 Å². The molecule has 0 amide bonds. The van der Waals surface area contributed by atoms with Crippen LogP contribution < -0.4 is 16.0 Å². The molecular weight excluding hydrogens is 282 g/mol. The first-order valence-corrected chi connectivity index (χ1v) is 7.59. The number of nitrogens with zero attached hydrogens (tertiary/aromatic N) is 2. The minimum atomic E-state index is -3.65. The summed E-state index contributed by atoms with van der Waals surface area (Å²) in [5.74, 6) is 5.34. The van der Waals surface area contributed by atoms with Gasteiger partial charge in [0.1, 0.15) is 4.90 Å². The molecule has 0 bridgehead atoms. The lowest BCUT2D eigenvalue weighted by atomic mass is 10.5. The van der Waals surface area contributed by atoms with E-state index in [1.54, 1.807) is 0 Å². The van der Waals surface area contributed by atoms with Crippen LogP contribution in [0.1, 0.15) is 0 Å². The zero-order chi connectivity index (χ0) is 15.0. The van der Waals surface area contributed by atoms with Crippen LogP contribution in [0.5, 0.6) is 0 Å². The normalized spacial score (nSPS) is 11.8. The van der Waals surface area contributed by atoms with Crippen molar-refractivity contribution in [3.05, 3.63) is 18.3 Å². The molecule has 9 heteroatoms. The molecule has 8 nitrogen and oxygen atoms in total. The zero-order valence-corrected chi connectivity index (χ0v) is 12.5. The quantitative estimate of drug-likeness (QED) is 0.312. The molecule has 0 aliphatic carbocycles. The highest BCUT2D eigenvalue weighted by Crippen LogP contribution is 2.16. The number of nitrogen functional groups attached to an aromatic ring is 1. The van der Waals surface area contributed by atoms with E-state index in [9.17, 15) is 8.42 Å². The molecule has 4 N–H and O–H groups in total.